The third kappa shape index (κ3) is 2.03. The molecule has 0 saturated carbocycles. The maximum absolute atomic E-state index is 9.43. The Bertz CT molecular complexity index is 413. The highest BCUT2D eigenvalue weighted by molar-refractivity contribution is 5.03. The van der Waals surface area contributed by atoms with Crippen LogP contribution in [0.15, 0.2) is 4.52 Å². The van der Waals surface area contributed by atoms with Gasteiger partial charge in [-0.1, -0.05) is 5.16 Å². The van der Waals surface area contributed by atoms with Crippen LogP contribution in [0.1, 0.15) is 30.7 Å². The quantitative estimate of drug-likeness (QED) is 0.723. The number of hydrogen-bond donors (Lipinski definition) is 2. The molecule has 3 fully saturated rings. The lowest BCUT2D eigenvalue weighted by Crippen LogP contribution is -2.57. The molecule has 7 nitrogen and oxygen atoms in total. The van der Waals surface area contributed by atoms with Crippen molar-refractivity contribution in [3.8, 4) is 0 Å². The number of rotatable bonds is 3. The summed E-state index contributed by atoms with van der Waals surface area (Å²) in [6.07, 6.45) is -0.690. The lowest BCUT2D eigenvalue weighted by atomic mass is 10.1. The molecule has 0 aliphatic carbocycles. The molecule has 0 spiro atoms. The van der Waals surface area contributed by atoms with Crippen molar-refractivity contribution in [3.63, 3.8) is 0 Å². The summed E-state index contributed by atoms with van der Waals surface area (Å²) in [6.45, 7) is 6.91. The lowest BCUT2D eigenvalue weighted by molar-refractivity contribution is 0.00781. The van der Waals surface area contributed by atoms with E-state index in [4.69, 9.17) is 10.3 Å². The Morgan fingerprint density at radius 2 is 2.11 bits per heavy atom. The molecule has 3 saturated heterocycles. The average Bonchev–Trinajstić information content (AvgIpc) is 2.88. The summed E-state index contributed by atoms with van der Waals surface area (Å²) in [5, 5.41) is 13.4. The zero-order valence-corrected chi connectivity index (χ0v) is 10.5. The summed E-state index contributed by atoms with van der Waals surface area (Å²) in [5.74, 6) is 1.00. The lowest BCUT2D eigenvalue weighted by Gasteiger charge is -2.46. The first kappa shape index (κ1) is 12.0. The molecule has 3 atom stereocenters. The Kier molecular flexibility index (Phi) is 3.06. The molecule has 3 N–H and O–H groups in total. The van der Waals surface area contributed by atoms with Crippen molar-refractivity contribution >= 4 is 0 Å². The van der Waals surface area contributed by atoms with Crippen LogP contribution in [0.4, 0.5) is 0 Å². The molecule has 3 aliphatic heterocycles. The third-order valence-electron chi connectivity index (χ3n) is 3.84. The number of piperazine rings is 3. The zero-order valence-electron chi connectivity index (χ0n) is 10.5. The van der Waals surface area contributed by atoms with Crippen LogP contribution >= 0.6 is 0 Å². The average molecular weight is 253 g/mol. The van der Waals surface area contributed by atoms with E-state index in [9.17, 15) is 5.11 Å². The minimum Gasteiger partial charge on any atom is -0.391 e. The normalized spacial score (nSPS) is 34.5. The van der Waals surface area contributed by atoms with Crippen LogP contribution in [-0.4, -0.2) is 63.9 Å². The molecule has 7 heteroatoms. The maximum Gasteiger partial charge on any atom is 0.246 e. The van der Waals surface area contributed by atoms with E-state index in [1.54, 1.807) is 6.92 Å². The predicted molar refractivity (Wildman–Crippen MR) is 63.7 cm³/mol. The van der Waals surface area contributed by atoms with E-state index < -0.39 is 12.1 Å². The monoisotopic (exact) mass is 253 g/mol. The smallest absolute Gasteiger partial charge is 0.246 e. The van der Waals surface area contributed by atoms with Gasteiger partial charge in [0, 0.05) is 32.7 Å². The van der Waals surface area contributed by atoms with Crippen LogP contribution in [0, 0.1) is 0 Å². The van der Waals surface area contributed by atoms with E-state index in [0.29, 0.717) is 11.7 Å². The van der Waals surface area contributed by atoms with E-state index in [-0.39, 0.29) is 6.04 Å². The Morgan fingerprint density at radius 1 is 1.39 bits per heavy atom. The van der Waals surface area contributed by atoms with Gasteiger partial charge in [-0.25, -0.2) is 0 Å². The fourth-order valence-corrected chi connectivity index (χ4v) is 2.59. The summed E-state index contributed by atoms with van der Waals surface area (Å²) in [4.78, 5) is 9.13. The number of aromatic nitrogens is 2. The highest BCUT2D eigenvalue weighted by Crippen LogP contribution is 2.27. The minimum absolute atomic E-state index is 0.200. The van der Waals surface area contributed by atoms with E-state index in [2.05, 4.69) is 19.9 Å². The molecule has 100 valence electrons. The summed E-state index contributed by atoms with van der Waals surface area (Å²) in [6, 6.07) is -0.409. The molecule has 1 aromatic rings. The fourth-order valence-electron chi connectivity index (χ4n) is 2.59. The van der Waals surface area contributed by atoms with Crippen molar-refractivity contribution in [1.29, 1.82) is 0 Å². The van der Waals surface area contributed by atoms with Crippen LogP contribution in [0.3, 0.4) is 0 Å². The first-order chi connectivity index (χ1) is 8.65. The maximum atomic E-state index is 9.43. The van der Waals surface area contributed by atoms with Crippen LogP contribution in [0.5, 0.6) is 0 Å². The molecule has 18 heavy (non-hydrogen) atoms. The third-order valence-corrected chi connectivity index (χ3v) is 3.84. The molecule has 0 aromatic carbocycles. The first-order valence-electron chi connectivity index (χ1n) is 6.38. The standard InChI is InChI=1S/C11H19N5O2/c1-7(17)9(12)11-13-10(14-18-11)8-6-15-2-4-16(8)5-3-15/h7-9,17H,2-6,12H2,1H3/t7-,8?,9+/m1/s1. The first-order valence-corrected chi connectivity index (χ1v) is 6.38. The van der Waals surface area contributed by atoms with Crippen molar-refractivity contribution in [1.82, 2.24) is 19.9 Å². The Labute approximate surface area is 106 Å². The van der Waals surface area contributed by atoms with E-state index in [1.807, 2.05) is 0 Å². The second kappa shape index (κ2) is 4.58. The second-order valence-corrected chi connectivity index (χ2v) is 5.11. The Hall–Kier alpha value is -1.02. The van der Waals surface area contributed by atoms with Crippen molar-refractivity contribution in [2.24, 2.45) is 5.73 Å². The van der Waals surface area contributed by atoms with Gasteiger partial charge >= 0.3 is 0 Å². The fraction of sp³-hybridized carbons (Fsp3) is 0.818. The SMILES string of the molecule is C[C@@H](O)[C@H](N)c1nc(C2CN3CCN2CC3)no1. The summed E-state index contributed by atoms with van der Waals surface area (Å²) < 4.78 is 5.16. The van der Waals surface area contributed by atoms with Gasteiger partial charge in [-0.15, -0.1) is 0 Å². The topological polar surface area (TPSA) is 91.7 Å². The number of fused-ring (bicyclic) bond motifs is 3. The molecule has 1 aromatic heterocycles. The van der Waals surface area contributed by atoms with Gasteiger partial charge in [0.05, 0.1) is 12.1 Å². The van der Waals surface area contributed by atoms with Gasteiger partial charge in [0.1, 0.15) is 6.04 Å². The Balaban J connectivity index is 1.77. The predicted octanol–water partition coefficient (Wildman–Crippen LogP) is -0.877. The number of nitrogens with zero attached hydrogens (tertiary/aromatic N) is 4. The number of aliphatic hydroxyl groups excluding tert-OH is 1. The van der Waals surface area contributed by atoms with Crippen molar-refractivity contribution in [3.05, 3.63) is 11.7 Å². The van der Waals surface area contributed by atoms with Crippen LogP contribution in [0.2, 0.25) is 0 Å². The molecular formula is C11H19N5O2. The molecule has 4 heterocycles. The van der Waals surface area contributed by atoms with E-state index in [1.165, 1.54) is 0 Å². The molecule has 4 rings (SSSR count). The molecule has 2 bridgehead atoms. The van der Waals surface area contributed by atoms with Crippen molar-refractivity contribution < 1.29 is 9.63 Å². The van der Waals surface area contributed by atoms with Crippen LogP contribution in [0.25, 0.3) is 0 Å². The number of hydrogen-bond acceptors (Lipinski definition) is 7. The van der Waals surface area contributed by atoms with Gasteiger partial charge < -0.3 is 15.4 Å². The molecule has 0 radical (unpaired) electrons. The number of aliphatic hydroxyl groups is 1. The molecule has 1 unspecified atom stereocenters. The van der Waals surface area contributed by atoms with Gasteiger partial charge in [0.2, 0.25) is 5.89 Å². The molecular weight excluding hydrogens is 234 g/mol. The van der Waals surface area contributed by atoms with E-state index in [0.717, 1.165) is 32.7 Å². The van der Waals surface area contributed by atoms with Gasteiger partial charge in [-0.2, -0.15) is 4.98 Å². The van der Waals surface area contributed by atoms with Gasteiger partial charge in [0.15, 0.2) is 5.82 Å². The minimum atomic E-state index is -0.690. The molecule has 0 amide bonds. The number of nitrogens with two attached hydrogens (primary N) is 1. The van der Waals surface area contributed by atoms with Gasteiger partial charge in [-0.3, -0.25) is 9.80 Å². The van der Waals surface area contributed by atoms with E-state index >= 15 is 0 Å². The van der Waals surface area contributed by atoms with Crippen molar-refractivity contribution in [2.45, 2.75) is 25.1 Å². The largest absolute Gasteiger partial charge is 0.391 e. The highest BCUT2D eigenvalue weighted by Gasteiger charge is 2.36. The van der Waals surface area contributed by atoms with Gasteiger partial charge in [-0.05, 0) is 6.92 Å². The van der Waals surface area contributed by atoms with Crippen LogP contribution in [-0.2, 0) is 0 Å². The van der Waals surface area contributed by atoms with Crippen LogP contribution < -0.4 is 5.73 Å². The van der Waals surface area contributed by atoms with Crippen molar-refractivity contribution in [2.75, 3.05) is 32.7 Å². The summed E-state index contributed by atoms with van der Waals surface area (Å²) in [5.41, 5.74) is 5.79. The zero-order chi connectivity index (χ0) is 12.7. The summed E-state index contributed by atoms with van der Waals surface area (Å²) >= 11 is 0. The summed E-state index contributed by atoms with van der Waals surface area (Å²) in [7, 11) is 0. The Morgan fingerprint density at radius 3 is 2.67 bits per heavy atom. The van der Waals surface area contributed by atoms with Gasteiger partial charge in [0.25, 0.3) is 0 Å². The molecule has 3 aliphatic rings. The second-order valence-electron chi connectivity index (χ2n) is 5.11. The highest BCUT2D eigenvalue weighted by atomic mass is 16.5.